The molecule has 1 saturated heterocycles. The zero-order chi connectivity index (χ0) is 14.0. The van der Waals surface area contributed by atoms with E-state index in [4.69, 9.17) is 0 Å². The Hall–Kier alpha value is -1.42. The number of hydrogen-bond acceptors (Lipinski definition) is 2. The number of carbonyl (C=O) groups excluding carboxylic acids is 2. The summed E-state index contributed by atoms with van der Waals surface area (Å²) in [5.74, 6) is 0.259. The van der Waals surface area contributed by atoms with E-state index in [1.807, 2.05) is 25.1 Å². The second-order valence-corrected chi connectivity index (χ2v) is 6.86. The second kappa shape index (κ2) is 4.04. The standard InChI is InChI=1S/C16H14BrNO2/c1-8-6-11(17)4-5-12(8)18-15(19)13-9-2-3-10(7-9)14(13)16(18)20/h2-6,9-10,13-14H,7H2,1H3/t9-,10-,13+,14+/m0/s1. The van der Waals surface area contributed by atoms with Crippen LogP contribution in [0.15, 0.2) is 34.8 Å². The van der Waals surface area contributed by atoms with Gasteiger partial charge in [0.25, 0.3) is 0 Å². The molecule has 2 aliphatic carbocycles. The van der Waals surface area contributed by atoms with Gasteiger partial charge in [-0.25, -0.2) is 4.90 Å². The van der Waals surface area contributed by atoms with Crippen molar-refractivity contribution in [2.24, 2.45) is 23.7 Å². The maximum atomic E-state index is 12.7. The number of imide groups is 1. The first kappa shape index (κ1) is 12.3. The van der Waals surface area contributed by atoms with E-state index in [1.165, 1.54) is 4.90 Å². The number of benzene rings is 1. The molecule has 1 aliphatic heterocycles. The Morgan fingerprint density at radius 2 is 1.70 bits per heavy atom. The third-order valence-electron chi connectivity index (χ3n) is 4.87. The highest BCUT2D eigenvalue weighted by molar-refractivity contribution is 9.10. The summed E-state index contributed by atoms with van der Waals surface area (Å²) in [6.45, 7) is 1.93. The fourth-order valence-electron chi connectivity index (χ4n) is 4.01. The fourth-order valence-corrected chi connectivity index (χ4v) is 4.49. The smallest absolute Gasteiger partial charge is 0.238 e. The molecule has 20 heavy (non-hydrogen) atoms. The van der Waals surface area contributed by atoms with Gasteiger partial charge in [-0.05, 0) is 48.9 Å². The predicted octanol–water partition coefficient (Wildman–Crippen LogP) is 3.07. The molecule has 2 amide bonds. The summed E-state index contributed by atoms with van der Waals surface area (Å²) in [5, 5.41) is 0. The number of fused-ring (bicyclic) bond motifs is 5. The molecule has 4 atom stereocenters. The monoisotopic (exact) mass is 331 g/mol. The summed E-state index contributed by atoms with van der Waals surface area (Å²) in [5.41, 5.74) is 1.68. The van der Waals surface area contributed by atoms with Crippen molar-refractivity contribution >= 4 is 33.4 Å². The van der Waals surface area contributed by atoms with Gasteiger partial charge in [-0.1, -0.05) is 28.1 Å². The number of hydrogen-bond donors (Lipinski definition) is 0. The van der Waals surface area contributed by atoms with Gasteiger partial charge in [0.05, 0.1) is 17.5 Å². The van der Waals surface area contributed by atoms with Gasteiger partial charge in [0.2, 0.25) is 11.8 Å². The van der Waals surface area contributed by atoms with Crippen LogP contribution >= 0.6 is 15.9 Å². The molecule has 0 spiro atoms. The zero-order valence-corrected chi connectivity index (χ0v) is 12.6. The molecule has 0 unspecified atom stereocenters. The Morgan fingerprint density at radius 1 is 1.10 bits per heavy atom. The number of anilines is 1. The lowest BCUT2D eigenvalue weighted by molar-refractivity contribution is -0.123. The largest absolute Gasteiger partial charge is 0.274 e. The van der Waals surface area contributed by atoms with Crippen molar-refractivity contribution in [1.29, 1.82) is 0 Å². The van der Waals surface area contributed by atoms with Gasteiger partial charge in [0.15, 0.2) is 0 Å². The van der Waals surface area contributed by atoms with Crippen molar-refractivity contribution in [3.8, 4) is 0 Å². The van der Waals surface area contributed by atoms with E-state index in [-0.39, 0.29) is 35.5 Å². The quantitative estimate of drug-likeness (QED) is 0.585. The van der Waals surface area contributed by atoms with Crippen LogP contribution < -0.4 is 4.90 Å². The number of nitrogens with zero attached hydrogens (tertiary/aromatic N) is 1. The normalized spacial score (nSPS) is 34.2. The third-order valence-corrected chi connectivity index (χ3v) is 5.36. The molecule has 1 saturated carbocycles. The van der Waals surface area contributed by atoms with Crippen LogP contribution in [0, 0.1) is 30.6 Å². The highest BCUT2D eigenvalue weighted by Crippen LogP contribution is 2.53. The summed E-state index contributed by atoms with van der Waals surface area (Å²) in [6.07, 6.45) is 5.21. The van der Waals surface area contributed by atoms with Gasteiger partial charge < -0.3 is 0 Å². The molecule has 1 aromatic rings. The number of carbonyl (C=O) groups is 2. The molecule has 1 heterocycles. The maximum absolute atomic E-state index is 12.7. The Labute approximate surface area is 125 Å². The minimum Gasteiger partial charge on any atom is -0.274 e. The van der Waals surface area contributed by atoms with Crippen molar-refractivity contribution < 1.29 is 9.59 Å². The molecule has 4 rings (SSSR count). The van der Waals surface area contributed by atoms with Crippen LogP contribution in [0.25, 0.3) is 0 Å². The van der Waals surface area contributed by atoms with E-state index in [9.17, 15) is 9.59 Å². The van der Waals surface area contributed by atoms with Crippen LogP contribution in [0.4, 0.5) is 5.69 Å². The average Bonchev–Trinajstić information content (AvgIpc) is 3.06. The minimum absolute atomic E-state index is 0.0118. The van der Waals surface area contributed by atoms with Crippen LogP contribution in [0.5, 0.6) is 0 Å². The molecular weight excluding hydrogens is 318 g/mol. The van der Waals surface area contributed by atoms with Crippen molar-refractivity contribution in [3.05, 3.63) is 40.4 Å². The second-order valence-electron chi connectivity index (χ2n) is 5.94. The highest BCUT2D eigenvalue weighted by atomic mass is 79.9. The van der Waals surface area contributed by atoms with Gasteiger partial charge in [-0.15, -0.1) is 0 Å². The van der Waals surface area contributed by atoms with E-state index in [0.717, 1.165) is 22.1 Å². The maximum Gasteiger partial charge on any atom is 0.238 e. The van der Waals surface area contributed by atoms with Crippen molar-refractivity contribution in [3.63, 3.8) is 0 Å². The van der Waals surface area contributed by atoms with Crippen molar-refractivity contribution in [1.82, 2.24) is 0 Å². The summed E-state index contributed by atoms with van der Waals surface area (Å²) in [7, 11) is 0. The molecular formula is C16H14BrNO2. The van der Waals surface area contributed by atoms with Crippen LogP contribution in [-0.2, 0) is 9.59 Å². The molecule has 0 N–H and O–H groups in total. The van der Waals surface area contributed by atoms with E-state index < -0.39 is 0 Å². The van der Waals surface area contributed by atoms with Gasteiger partial charge in [0, 0.05) is 4.47 Å². The molecule has 102 valence electrons. The number of allylic oxidation sites excluding steroid dienone is 2. The summed E-state index contributed by atoms with van der Waals surface area (Å²) < 4.78 is 0.958. The van der Waals surface area contributed by atoms with Crippen LogP contribution in [-0.4, -0.2) is 11.8 Å². The van der Waals surface area contributed by atoms with Crippen molar-refractivity contribution in [2.45, 2.75) is 13.3 Å². The molecule has 0 radical (unpaired) electrons. The van der Waals surface area contributed by atoms with Crippen LogP contribution in [0.3, 0.4) is 0 Å². The summed E-state index contributed by atoms with van der Waals surface area (Å²) in [4.78, 5) is 26.8. The molecule has 1 aromatic carbocycles. The number of aryl methyl sites for hydroxylation is 1. The predicted molar refractivity (Wildman–Crippen MR) is 79.1 cm³/mol. The van der Waals surface area contributed by atoms with Crippen LogP contribution in [0.2, 0.25) is 0 Å². The van der Waals surface area contributed by atoms with E-state index >= 15 is 0 Å². The molecule has 3 nitrogen and oxygen atoms in total. The highest BCUT2D eigenvalue weighted by Gasteiger charge is 2.59. The minimum atomic E-state index is -0.124. The fraction of sp³-hybridized carbons (Fsp3) is 0.375. The van der Waals surface area contributed by atoms with Crippen LogP contribution in [0.1, 0.15) is 12.0 Å². The van der Waals surface area contributed by atoms with Gasteiger partial charge in [-0.3, -0.25) is 9.59 Å². The Kier molecular flexibility index (Phi) is 2.49. The topological polar surface area (TPSA) is 37.4 Å². The number of halogens is 1. The first-order valence-electron chi connectivity index (χ1n) is 6.90. The van der Waals surface area contributed by atoms with Gasteiger partial charge >= 0.3 is 0 Å². The SMILES string of the molecule is Cc1cc(Br)ccc1N1C(=O)[C@H]2[C@H](C1=O)[C@H]1C=C[C@H]2C1. The first-order valence-corrected chi connectivity index (χ1v) is 7.69. The van der Waals surface area contributed by atoms with Gasteiger partial charge in [0.1, 0.15) is 0 Å². The summed E-state index contributed by atoms with van der Waals surface area (Å²) in [6, 6.07) is 5.67. The molecule has 0 aromatic heterocycles. The van der Waals surface area contributed by atoms with E-state index in [2.05, 4.69) is 28.1 Å². The Balaban J connectivity index is 1.78. The molecule has 4 heteroatoms. The van der Waals surface area contributed by atoms with E-state index in [0.29, 0.717) is 0 Å². The lowest BCUT2D eigenvalue weighted by Gasteiger charge is -2.19. The molecule has 2 bridgehead atoms. The average molecular weight is 332 g/mol. The lowest BCUT2D eigenvalue weighted by atomic mass is 9.85. The van der Waals surface area contributed by atoms with Crippen molar-refractivity contribution in [2.75, 3.05) is 4.90 Å². The Bertz CT molecular complexity index is 636. The Morgan fingerprint density at radius 3 is 2.25 bits per heavy atom. The zero-order valence-electron chi connectivity index (χ0n) is 11.0. The molecule has 2 fully saturated rings. The first-order chi connectivity index (χ1) is 9.58. The number of amides is 2. The molecule has 3 aliphatic rings. The van der Waals surface area contributed by atoms with E-state index in [1.54, 1.807) is 0 Å². The number of rotatable bonds is 1. The van der Waals surface area contributed by atoms with Gasteiger partial charge in [-0.2, -0.15) is 0 Å². The third kappa shape index (κ3) is 1.46. The summed E-state index contributed by atoms with van der Waals surface area (Å²) >= 11 is 3.41. The lowest BCUT2D eigenvalue weighted by Crippen LogP contribution is -2.33.